The summed E-state index contributed by atoms with van der Waals surface area (Å²) in [5.74, 6) is 11.3. The van der Waals surface area contributed by atoms with E-state index >= 15 is 0 Å². The Kier molecular flexibility index (Phi) is 6.16. The zero-order valence-electron chi connectivity index (χ0n) is 25.7. The molecule has 6 aliphatic carbocycles. The molecule has 0 saturated heterocycles. The lowest BCUT2D eigenvalue weighted by molar-refractivity contribution is -0.188. The van der Waals surface area contributed by atoms with Gasteiger partial charge in [0.25, 0.3) is 0 Å². The van der Waals surface area contributed by atoms with Gasteiger partial charge in [-0.05, 0) is 147 Å². The SMILES string of the molecule is c1cc(-c2ccc3sc4ccccc4c3c2)nc(C2CCC3C(C2)C2CCCC4C5CCCCC5C5CCCC3C5C42)c1. The second-order valence-electron chi connectivity index (χ2n) is 15.9. The van der Waals surface area contributed by atoms with Gasteiger partial charge in [-0.25, -0.2) is 0 Å². The highest BCUT2D eigenvalue weighted by Gasteiger charge is 2.62. The van der Waals surface area contributed by atoms with Gasteiger partial charge < -0.3 is 0 Å². The third-order valence-electron chi connectivity index (χ3n) is 14.5. The lowest BCUT2D eigenvalue weighted by atomic mass is 9.37. The first-order valence-electron chi connectivity index (χ1n) is 18.2. The molecule has 6 fully saturated rings. The van der Waals surface area contributed by atoms with Crippen LogP contribution < -0.4 is 0 Å². The van der Waals surface area contributed by atoms with Crippen molar-refractivity contribution in [2.45, 2.75) is 89.4 Å². The van der Waals surface area contributed by atoms with Gasteiger partial charge in [-0.2, -0.15) is 0 Å². The second kappa shape index (κ2) is 10.2. The number of hydrogen-bond donors (Lipinski definition) is 0. The van der Waals surface area contributed by atoms with Crippen molar-refractivity contribution < 1.29 is 0 Å². The molecule has 43 heavy (non-hydrogen) atoms. The van der Waals surface area contributed by atoms with Gasteiger partial charge in [0.15, 0.2) is 0 Å². The van der Waals surface area contributed by atoms with E-state index in [1.807, 2.05) is 11.3 Å². The summed E-state index contributed by atoms with van der Waals surface area (Å²) in [4.78, 5) is 5.46. The summed E-state index contributed by atoms with van der Waals surface area (Å²) in [5, 5.41) is 2.76. The summed E-state index contributed by atoms with van der Waals surface area (Å²) in [7, 11) is 0. The molecule has 1 nitrogen and oxygen atoms in total. The average Bonchev–Trinajstić information content (AvgIpc) is 3.46. The van der Waals surface area contributed by atoms with Gasteiger partial charge in [0.1, 0.15) is 0 Å². The van der Waals surface area contributed by atoms with Crippen LogP contribution in [0.5, 0.6) is 0 Å². The fourth-order valence-electron chi connectivity index (χ4n) is 13.2. The van der Waals surface area contributed by atoms with Gasteiger partial charge in [-0.3, -0.25) is 4.98 Å². The Balaban J connectivity index is 0.971. The molecular weight excluding hydrogens is 539 g/mol. The van der Waals surface area contributed by atoms with Gasteiger partial charge in [0, 0.05) is 37.3 Å². The van der Waals surface area contributed by atoms with Gasteiger partial charge in [0.2, 0.25) is 0 Å². The Morgan fingerprint density at radius 2 is 1.16 bits per heavy atom. The molecule has 6 aliphatic rings. The smallest absolute Gasteiger partial charge is 0.0705 e. The van der Waals surface area contributed by atoms with E-state index in [1.165, 1.54) is 82.1 Å². The van der Waals surface area contributed by atoms with E-state index in [1.54, 1.807) is 38.5 Å². The lowest BCUT2D eigenvalue weighted by Gasteiger charge is -2.67. The molecule has 0 N–H and O–H groups in total. The number of hydrogen-bond acceptors (Lipinski definition) is 2. The minimum absolute atomic E-state index is 0.647. The molecule has 4 aromatic rings. The number of rotatable bonds is 2. The number of nitrogens with zero attached hydrogens (tertiary/aromatic N) is 1. The molecule has 0 bridgehead atoms. The van der Waals surface area contributed by atoms with Crippen molar-refractivity contribution in [3.8, 4) is 11.3 Å². The first kappa shape index (κ1) is 26.1. The molecule has 222 valence electrons. The van der Waals surface area contributed by atoms with E-state index in [2.05, 4.69) is 60.7 Å². The average molecular weight is 586 g/mol. The monoisotopic (exact) mass is 585 g/mol. The highest BCUT2D eigenvalue weighted by molar-refractivity contribution is 7.25. The molecule has 0 amide bonds. The predicted octanol–water partition coefficient (Wildman–Crippen LogP) is 11.5. The molecule has 0 radical (unpaired) electrons. The Morgan fingerprint density at radius 1 is 0.512 bits per heavy atom. The van der Waals surface area contributed by atoms with Gasteiger partial charge in [0.05, 0.1) is 5.69 Å². The molecule has 2 heteroatoms. The Morgan fingerprint density at radius 3 is 1.93 bits per heavy atom. The van der Waals surface area contributed by atoms with Crippen LogP contribution in [-0.2, 0) is 0 Å². The third kappa shape index (κ3) is 3.96. The van der Waals surface area contributed by atoms with E-state index in [4.69, 9.17) is 4.98 Å². The van der Waals surface area contributed by atoms with Crippen molar-refractivity contribution in [2.75, 3.05) is 0 Å². The van der Waals surface area contributed by atoms with Crippen molar-refractivity contribution in [3.05, 3.63) is 66.4 Å². The topological polar surface area (TPSA) is 12.9 Å². The first-order chi connectivity index (χ1) is 21.3. The van der Waals surface area contributed by atoms with Crippen LogP contribution in [0.25, 0.3) is 31.4 Å². The normalized spacial score (nSPS) is 40.0. The largest absolute Gasteiger partial charge is 0.253 e. The van der Waals surface area contributed by atoms with E-state index in [0.29, 0.717) is 5.92 Å². The zero-order chi connectivity index (χ0) is 28.1. The van der Waals surface area contributed by atoms with Gasteiger partial charge in [-0.1, -0.05) is 56.0 Å². The standard InChI is InChI=1S/C41H47NS/c1-2-9-27-26(8-1)30-11-5-13-32-28-20-18-24(22-34(28)33-14-6-12-31(27)41(33)40(30)32)36-15-7-16-37(42-36)25-19-21-39-35(23-25)29-10-3-4-17-38(29)43-39/h3-4,7,10,15-17,19,21,23-24,26-28,30-34,40-41H,1-2,5-6,8-9,11-14,18,20,22H2. The van der Waals surface area contributed by atoms with Crippen LogP contribution in [-0.4, -0.2) is 4.98 Å². The highest BCUT2D eigenvalue weighted by atomic mass is 32.1. The van der Waals surface area contributed by atoms with E-state index in [0.717, 1.165) is 59.2 Å². The fourth-order valence-corrected chi connectivity index (χ4v) is 14.3. The van der Waals surface area contributed by atoms with Crippen molar-refractivity contribution in [2.24, 2.45) is 59.2 Å². The number of aromatic nitrogens is 1. The zero-order valence-corrected chi connectivity index (χ0v) is 26.5. The van der Waals surface area contributed by atoms with E-state index in [9.17, 15) is 0 Å². The van der Waals surface area contributed by atoms with Crippen LogP contribution in [0.3, 0.4) is 0 Å². The minimum atomic E-state index is 0.647. The Bertz CT molecular complexity index is 1670. The van der Waals surface area contributed by atoms with Crippen LogP contribution >= 0.6 is 11.3 Å². The predicted molar refractivity (Wildman–Crippen MR) is 180 cm³/mol. The number of benzene rings is 2. The summed E-state index contributed by atoms with van der Waals surface area (Å²) in [6.07, 6.45) is 19.8. The molecule has 2 aromatic heterocycles. The molecule has 0 spiro atoms. The van der Waals surface area contributed by atoms with E-state index in [-0.39, 0.29) is 0 Å². The summed E-state index contributed by atoms with van der Waals surface area (Å²) in [6.45, 7) is 0. The highest BCUT2D eigenvalue weighted by Crippen LogP contribution is 2.69. The Hall–Kier alpha value is -2.19. The number of pyridine rings is 1. The second-order valence-corrected chi connectivity index (χ2v) is 17.0. The third-order valence-corrected chi connectivity index (χ3v) is 15.6. The first-order valence-corrected chi connectivity index (χ1v) is 19.0. The maximum atomic E-state index is 5.46. The summed E-state index contributed by atoms with van der Waals surface area (Å²) < 4.78 is 2.77. The van der Waals surface area contributed by atoms with Crippen molar-refractivity contribution in [1.29, 1.82) is 0 Å². The van der Waals surface area contributed by atoms with E-state index < -0.39 is 0 Å². The van der Waals surface area contributed by atoms with Crippen LogP contribution in [0.2, 0.25) is 0 Å². The minimum Gasteiger partial charge on any atom is -0.253 e. The molecule has 0 aliphatic heterocycles. The molecule has 11 unspecified atom stereocenters. The van der Waals surface area contributed by atoms with Crippen LogP contribution in [0.15, 0.2) is 60.7 Å². The van der Waals surface area contributed by atoms with Gasteiger partial charge in [-0.15, -0.1) is 11.3 Å². The van der Waals surface area contributed by atoms with Crippen LogP contribution in [0.4, 0.5) is 0 Å². The number of fused-ring (bicyclic) bond motifs is 9. The maximum Gasteiger partial charge on any atom is 0.0705 e. The maximum absolute atomic E-state index is 5.46. The molecular formula is C41H47NS. The summed E-state index contributed by atoms with van der Waals surface area (Å²) >= 11 is 1.91. The molecule has 10 rings (SSSR count). The Labute approximate surface area is 261 Å². The number of thiophene rings is 1. The summed E-state index contributed by atoms with van der Waals surface area (Å²) in [6, 6.07) is 22.9. The van der Waals surface area contributed by atoms with Gasteiger partial charge >= 0.3 is 0 Å². The molecule has 6 saturated carbocycles. The van der Waals surface area contributed by atoms with Crippen LogP contribution in [0, 0.1) is 59.2 Å². The summed E-state index contributed by atoms with van der Waals surface area (Å²) in [5.41, 5.74) is 3.84. The molecule has 2 heterocycles. The van der Waals surface area contributed by atoms with Crippen molar-refractivity contribution in [1.82, 2.24) is 4.98 Å². The van der Waals surface area contributed by atoms with Crippen molar-refractivity contribution in [3.63, 3.8) is 0 Å². The fraction of sp³-hybridized carbons (Fsp3) is 0.585. The van der Waals surface area contributed by atoms with Crippen LogP contribution in [0.1, 0.15) is 95.1 Å². The molecule has 11 atom stereocenters. The van der Waals surface area contributed by atoms with Crippen molar-refractivity contribution >= 4 is 31.5 Å². The quantitative estimate of drug-likeness (QED) is 0.228. The molecule has 2 aromatic carbocycles. The lowest BCUT2D eigenvalue weighted by Crippen LogP contribution is -2.61.